The first-order valence-corrected chi connectivity index (χ1v) is 7.76. The molecule has 0 amide bonds. The normalized spacial score (nSPS) is 21.8. The summed E-state index contributed by atoms with van der Waals surface area (Å²) in [6.07, 6.45) is 7.70. The molecule has 1 heterocycles. The van der Waals surface area contributed by atoms with Gasteiger partial charge in [0.05, 0.1) is 12.4 Å². The second-order valence-electron chi connectivity index (χ2n) is 5.65. The van der Waals surface area contributed by atoms with Crippen molar-refractivity contribution in [3.05, 3.63) is 46.9 Å². The molecular formula is C18H25F3N2. The van der Waals surface area contributed by atoms with Crippen LogP contribution in [0, 0.1) is 0 Å². The van der Waals surface area contributed by atoms with Gasteiger partial charge < -0.3 is 5.32 Å². The Labute approximate surface area is 136 Å². The smallest absolute Gasteiger partial charge is 0.270 e. The number of nitrogens with zero attached hydrogens (tertiary/aromatic N) is 1. The highest BCUT2D eigenvalue weighted by molar-refractivity contribution is 5.98. The Morgan fingerprint density at radius 3 is 2.61 bits per heavy atom. The van der Waals surface area contributed by atoms with Crippen LogP contribution in [-0.2, 0) is 0 Å². The fourth-order valence-electron chi connectivity index (χ4n) is 2.14. The van der Waals surface area contributed by atoms with Crippen LogP contribution in [0.3, 0.4) is 0 Å². The minimum absolute atomic E-state index is 0.0182. The van der Waals surface area contributed by atoms with E-state index in [1.54, 1.807) is 13.0 Å². The van der Waals surface area contributed by atoms with Crippen molar-refractivity contribution in [2.24, 2.45) is 4.99 Å². The van der Waals surface area contributed by atoms with E-state index in [1.807, 2.05) is 13.0 Å². The van der Waals surface area contributed by atoms with Crippen molar-refractivity contribution in [2.75, 3.05) is 13.1 Å². The number of hydrogen-bond acceptors (Lipinski definition) is 2. The summed E-state index contributed by atoms with van der Waals surface area (Å²) in [5.74, 6) is -2.35. The Kier molecular flexibility index (Phi) is 7.33. The molecule has 0 aliphatic carbocycles. The fourth-order valence-corrected chi connectivity index (χ4v) is 2.14. The van der Waals surface area contributed by atoms with Gasteiger partial charge in [-0.2, -0.15) is 0 Å². The standard InChI is InChI=1S/C18H25F3N2/c1-5-15(9-8-13(2)14(3)19)17-22-11-6-7-16(10-12-23-17)18(4,20)21/h5-7,10H,8-9,11-12H2,1-4H3,(H,22,23)/b7-6-,14-13+,15-5+,16-10+. The van der Waals surface area contributed by atoms with Crippen LogP contribution in [-0.4, -0.2) is 24.8 Å². The Morgan fingerprint density at radius 1 is 1.35 bits per heavy atom. The van der Waals surface area contributed by atoms with Gasteiger partial charge in [0.25, 0.3) is 5.92 Å². The minimum Gasteiger partial charge on any atom is -0.367 e. The summed E-state index contributed by atoms with van der Waals surface area (Å²) in [4.78, 5) is 4.42. The van der Waals surface area contributed by atoms with E-state index >= 15 is 0 Å². The maximum atomic E-state index is 13.4. The lowest BCUT2D eigenvalue weighted by atomic mass is 10.0. The third kappa shape index (κ3) is 6.47. The van der Waals surface area contributed by atoms with E-state index in [1.165, 1.54) is 19.1 Å². The first-order valence-electron chi connectivity index (χ1n) is 7.76. The van der Waals surface area contributed by atoms with Crippen LogP contribution in [0.25, 0.3) is 0 Å². The molecule has 0 bridgehead atoms. The largest absolute Gasteiger partial charge is 0.367 e. The molecule has 1 N–H and O–H groups in total. The molecule has 5 heteroatoms. The summed E-state index contributed by atoms with van der Waals surface area (Å²) in [6, 6.07) is 0. The zero-order valence-electron chi connectivity index (χ0n) is 14.2. The number of alkyl halides is 2. The summed E-state index contributed by atoms with van der Waals surface area (Å²) in [5.41, 5.74) is 1.65. The van der Waals surface area contributed by atoms with Crippen molar-refractivity contribution >= 4 is 5.84 Å². The molecule has 0 aromatic rings. The van der Waals surface area contributed by atoms with Gasteiger partial charge in [-0.1, -0.05) is 24.3 Å². The van der Waals surface area contributed by atoms with Crippen LogP contribution >= 0.6 is 0 Å². The number of allylic oxidation sites excluding steroid dienone is 5. The molecule has 0 fully saturated rings. The van der Waals surface area contributed by atoms with Gasteiger partial charge in [0.15, 0.2) is 0 Å². The predicted molar refractivity (Wildman–Crippen MR) is 90.6 cm³/mol. The molecule has 0 spiro atoms. The Morgan fingerprint density at radius 2 is 2.04 bits per heavy atom. The molecule has 23 heavy (non-hydrogen) atoms. The second kappa shape index (κ2) is 8.75. The Bertz CT molecular complexity index is 557. The highest BCUT2D eigenvalue weighted by atomic mass is 19.3. The molecular weight excluding hydrogens is 301 g/mol. The van der Waals surface area contributed by atoms with Crippen molar-refractivity contribution in [3.8, 4) is 0 Å². The lowest BCUT2D eigenvalue weighted by Crippen LogP contribution is -2.26. The Balaban J connectivity index is 2.83. The van der Waals surface area contributed by atoms with Crippen molar-refractivity contribution < 1.29 is 13.2 Å². The molecule has 1 rings (SSSR count). The predicted octanol–water partition coefficient (Wildman–Crippen LogP) is 5.12. The molecule has 1 aliphatic rings. The summed E-state index contributed by atoms with van der Waals surface area (Å²) in [7, 11) is 0. The van der Waals surface area contributed by atoms with Crippen molar-refractivity contribution in [2.45, 2.75) is 46.5 Å². The zero-order valence-corrected chi connectivity index (χ0v) is 14.2. The summed E-state index contributed by atoms with van der Waals surface area (Å²) in [6.45, 7) is 6.59. The first-order chi connectivity index (χ1) is 10.8. The lowest BCUT2D eigenvalue weighted by molar-refractivity contribution is 0.0672. The van der Waals surface area contributed by atoms with E-state index < -0.39 is 5.92 Å². The van der Waals surface area contributed by atoms with Crippen LogP contribution in [0.4, 0.5) is 13.2 Å². The fraction of sp³-hybridized carbons (Fsp3) is 0.500. The average molecular weight is 326 g/mol. The van der Waals surface area contributed by atoms with E-state index in [-0.39, 0.29) is 17.9 Å². The van der Waals surface area contributed by atoms with E-state index in [0.717, 1.165) is 12.5 Å². The van der Waals surface area contributed by atoms with Crippen molar-refractivity contribution in [1.82, 2.24) is 5.32 Å². The van der Waals surface area contributed by atoms with Crippen LogP contribution in [0.15, 0.2) is 51.8 Å². The molecule has 0 unspecified atom stereocenters. The van der Waals surface area contributed by atoms with Gasteiger partial charge in [0.1, 0.15) is 5.84 Å². The quantitative estimate of drug-likeness (QED) is 0.745. The van der Waals surface area contributed by atoms with Crippen LogP contribution in [0.2, 0.25) is 0 Å². The number of amidine groups is 1. The van der Waals surface area contributed by atoms with Gasteiger partial charge in [-0.25, -0.2) is 13.2 Å². The van der Waals surface area contributed by atoms with Crippen molar-refractivity contribution in [1.29, 1.82) is 0 Å². The molecule has 1 aliphatic heterocycles. The van der Waals surface area contributed by atoms with Gasteiger partial charge in [0.2, 0.25) is 0 Å². The van der Waals surface area contributed by atoms with Gasteiger partial charge in [-0.15, -0.1) is 0 Å². The highest BCUT2D eigenvalue weighted by Crippen LogP contribution is 2.24. The van der Waals surface area contributed by atoms with Crippen molar-refractivity contribution in [3.63, 3.8) is 0 Å². The molecule has 128 valence electrons. The van der Waals surface area contributed by atoms with Gasteiger partial charge >= 0.3 is 0 Å². The van der Waals surface area contributed by atoms with Crippen LogP contribution in [0.5, 0.6) is 0 Å². The monoisotopic (exact) mass is 326 g/mol. The number of aliphatic imine (C=N–C) groups is 1. The van der Waals surface area contributed by atoms with Gasteiger partial charge in [-0.3, -0.25) is 4.99 Å². The third-order valence-electron chi connectivity index (χ3n) is 3.76. The topological polar surface area (TPSA) is 24.4 Å². The second-order valence-corrected chi connectivity index (χ2v) is 5.65. The molecule has 0 radical (unpaired) electrons. The summed E-state index contributed by atoms with van der Waals surface area (Å²) < 4.78 is 40.0. The van der Waals surface area contributed by atoms with Crippen LogP contribution in [0.1, 0.15) is 40.5 Å². The maximum absolute atomic E-state index is 13.4. The SMILES string of the molecule is C/C=C(\CC/C(C)=C(\C)F)C1=NC/C=C\C(C(C)(F)F)=C/CN1. The highest BCUT2D eigenvalue weighted by Gasteiger charge is 2.25. The molecule has 0 aromatic heterocycles. The first kappa shape index (κ1) is 19.3. The molecule has 0 aromatic carbocycles. The van der Waals surface area contributed by atoms with E-state index in [0.29, 0.717) is 30.8 Å². The zero-order chi connectivity index (χ0) is 17.5. The average Bonchev–Trinajstić information content (AvgIpc) is 2.59. The number of halogens is 3. The summed E-state index contributed by atoms with van der Waals surface area (Å²) in [5, 5.41) is 3.09. The van der Waals surface area contributed by atoms with E-state index in [4.69, 9.17) is 0 Å². The van der Waals surface area contributed by atoms with Gasteiger partial charge in [-0.05, 0) is 44.8 Å². The van der Waals surface area contributed by atoms with Crippen LogP contribution < -0.4 is 5.32 Å². The molecule has 0 saturated carbocycles. The molecule has 0 atom stereocenters. The maximum Gasteiger partial charge on any atom is 0.270 e. The Hall–Kier alpha value is -1.78. The van der Waals surface area contributed by atoms with E-state index in [9.17, 15) is 13.2 Å². The third-order valence-corrected chi connectivity index (χ3v) is 3.76. The number of hydrogen-bond donors (Lipinski definition) is 1. The number of rotatable bonds is 5. The number of nitrogens with one attached hydrogen (secondary N) is 1. The minimum atomic E-state index is -2.87. The molecule has 2 nitrogen and oxygen atoms in total. The molecule has 0 saturated heterocycles. The summed E-state index contributed by atoms with van der Waals surface area (Å²) >= 11 is 0. The lowest BCUT2D eigenvalue weighted by Gasteiger charge is -2.14. The van der Waals surface area contributed by atoms with E-state index in [2.05, 4.69) is 10.3 Å². The van der Waals surface area contributed by atoms with Gasteiger partial charge in [0, 0.05) is 19.0 Å².